The lowest BCUT2D eigenvalue weighted by molar-refractivity contribution is -0.138. The average molecular weight is 706 g/mol. The number of guanidine groups is 2. The summed E-state index contributed by atoms with van der Waals surface area (Å²) in [6, 6.07) is 14.8. The first kappa shape index (κ1) is 40.3. The van der Waals surface area contributed by atoms with Gasteiger partial charge in [-0.1, -0.05) is 74.5 Å². The number of carbonyl (C=O) groups excluding carboxylic acids is 4. The molecule has 2 aromatic carbocycles. The molecule has 1 fully saturated rings. The molecule has 0 aromatic heterocycles. The van der Waals surface area contributed by atoms with Gasteiger partial charge in [0.1, 0.15) is 18.1 Å². The van der Waals surface area contributed by atoms with Gasteiger partial charge in [0.15, 0.2) is 11.9 Å². The SMILES string of the molecule is CC(C)C[C@@H](NC(=O)[C@@H](Cc1ccccc1)NC(=O)[C@H](N)Cc1ccccc1)C(=O)N[C@H](CCCN=C(N)N)C(=O)N1CCCN(C(=N)N)CC1. The number of nitrogens with one attached hydrogen (secondary N) is 4. The van der Waals surface area contributed by atoms with Gasteiger partial charge in [0.05, 0.1) is 6.04 Å². The van der Waals surface area contributed by atoms with Gasteiger partial charge in [-0.25, -0.2) is 0 Å². The number of carbonyl (C=O) groups is 4. The van der Waals surface area contributed by atoms with Crippen molar-refractivity contribution in [3.8, 4) is 0 Å². The molecule has 1 aliphatic rings. The molecule has 4 amide bonds. The van der Waals surface area contributed by atoms with Gasteiger partial charge in [0, 0.05) is 39.1 Å². The molecule has 1 saturated heterocycles. The molecular weight excluding hydrogens is 650 g/mol. The molecule has 0 aliphatic carbocycles. The first-order valence-corrected chi connectivity index (χ1v) is 17.5. The Morgan fingerprint density at radius 3 is 1.86 bits per heavy atom. The van der Waals surface area contributed by atoms with Crippen LogP contribution in [0.5, 0.6) is 0 Å². The van der Waals surface area contributed by atoms with E-state index in [-0.39, 0.29) is 56.0 Å². The molecule has 3 rings (SSSR count). The van der Waals surface area contributed by atoms with Crippen LogP contribution >= 0.6 is 0 Å². The molecule has 12 N–H and O–H groups in total. The van der Waals surface area contributed by atoms with Crippen LogP contribution in [0, 0.1) is 11.3 Å². The van der Waals surface area contributed by atoms with Gasteiger partial charge in [-0.2, -0.15) is 0 Å². The number of aliphatic imine (C=N–C) groups is 1. The minimum absolute atomic E-state index is 0.00157. The summed E-state index contributed by atoms with van der Waals surface area (Å²) in [6.45, 7) is 5.81. The minimum Gasteiger partial charge on any atom is -0.370 e. The van der Waals surface area contributed by atoms with E-state index in [1.54, 1.807) is 9.80 Å². The van der Waals surface area contributed by atoms with Crippen molar-refractivity contribution in [1.29, 1.82) is 5.41 Å². The third-order valence-electron chi connectivity index (χ3n) is 8.60. The fourth-order valence-electron chi connectivity index (χ4n) is 5.91. The third-order valence-corrected chi connectivity index (χ3v) is 8.60. The quantitative estimate of drug-likeness (QED) is 0.0615. The van der Waals surface area contributed by atoms with Crippen molar-refractivity contribution < 1.29 is 19.2 Å². The van der Waals surface area contributed by atoms with Crippen LogP contribution in [-0.4, -0.2) is 102 Å². The van der Waals surface area contributed by atoms with E-state index in [9.17, 15) is 19.2 Å². The summed E-state index contributed by atoms with van der Waals surface area (Å²) in [5.41, 5.74) is 24.6. The summed E-state index contributed by atoms with van der Waals surface area (Å²) in [4.78, 5) is 62.4. The molecule has 4 atom stereocenters. The molecule has 15 nitrogen and oxygen atoms in total. The second kappa shape index (κ2) is 20.5. The van der Waals surface area contributed by atoms with Gasteiger partial charge >= 0.3 is 0 Å². The smallest absolute Gasteiger partial charge is 0.245 e. The number of benzene rings is 2. The Balaban J connectivity index is 1.79. The van der Waals surface area contributed by atoms with E-state index >= 15 is 0 Å². The number of amides is 4. The first-order valence-electron chi connectivity index (χ1n) is 17.5. The van der Waals surface area contributed by atoms with Crippen LogP contribution in [0.3, 0.4) is 0 Å². The Labute approximate surface area is 300 Å². The summed E-state index contributed by atoms with van der Waals surface area (Å²) >= 11 is 0. The van der Waals surface area contributed by atoms with Gasteiger partial charge in [-0.15, -0.1) is 0 Å². The Morgan fingerprint density at radius 2 is 1.27 bits per heavy atom. The van der Waals surface area contributed by atoms with Crippen LogP contribution in [0.4, 0.5) is 0 Å². The van der Waals surface area contributed by atoms with Crippen LogP contribution < -0.4 is 38.9 Å². The zero-order valence-electron chi connectivity index (χ0n) is 29.7. The Kier molecular flexibility index (Phi) is 16.2. The monoisotopic (exact) mass is 705 g/mol. The second-order valence-electron chi connectivity index (χ2n) is 13.3. The molecule has 0 radical (unpaired) electrons. The maximum atomic E-state index is 14.0. The van der Waals surface area contributed by atoms with Crippen LogP contribution in [0.2, 0.25) is 0 Å². The predicted molar refractivity (Wildman–Crippen MR) is 198 cm³/mol. The van der Waals surface area contributed by atoms with E-state index in [0.717, 1.165) is 11.1 Å². The van der Waals surface area contributed by atoms with E-state index in [1.165, 1.54) is 0 Å². The highest BCUT2D eigenvalue weighted by Gasteiger charge is 2.33. The van der Waals surface area contributed by atoms with Gasteiger partial charge in [-0.05, 0) is 49.1 Å². The van der Waals surface area contributed by atoms with Crippen LogP contribution in [0.1, 0.15) is 50.7 Å². The molecular formula is C36H55N11O4. The van der Waals surface area contributed by atoms with Gasteiger partial charge in [0.25, 0.3) is 0 Å². The van der Waals surface area contributed by atoms with Gasteiger partial charge in [0.2, 0.25) is 23.6 Å². The lowest BCUT2D eigenvalue weighted by Crippen LogP contribution is -2.58. The van der Waals surface area contributed by atoms with E-state index < -0.39 is 41.9 Å². The maximum Gasteiger partial charge on any atom is 0.245 e. The van der Waals surface area contributed by atoms with E-state index in [1.807, 2.05) is 74.5 Å². The van der Waals surface area contributed by atoms with Gasteiger partial charge < -0.3 is 48.7 Å². The molecule has 2 aromatic rings. The molecule has 51 heavy (non-hydrogen) atoms. The molecule has 1 heterocycles. The highest BCUT2D eigenvalue weighted by Crippen LogP contribution is 2.12. The van der Waals surface area contributed by atoms with Crippen LogP contribution in [0.25, 0.3) is 0 Å². The fraction of sp³-hybridized carbons (Fsp3) is 0.500. The average Bonchev–Trinajstić information content (AvgIpc) is 3.36. The molecule has 15 heteroatoms. The Morgan fingerprint density at radius 1 is 0.745 bits per heavy atom. The molecule has 0 unspecified atom stereocenters. The summed E-state index contributed by atoms with van der Waals surface area (Å²) in [5.74, 6) is -1.98. The summed E-state index contributed by atoms with van der Waals surface area (Å²) in [5, 5.41) is 16.4. The topological polar surface area (TPSA) is 251 Å². The van der Waals surface area contributed by atoms with Crippen molar-refractivity contribution in [3.05, 3.63) is 71.8 Å². The largest absolute Gasteiger partial charge is 0.370 e. The highest BCUT2D eigenvalue weighted by molar-refractivity contribution is 5.95. The van der Waals surface area contributed by atoms with E-state index in [4.69, 9.17) is 28.3 Å². The molecule has 1 aliphatic heterocycles. The summed E-state index contributed by atoms with van der Waals surface area (Å²) < 4.78 is 0. The van der Waals surface area contributed by atoms with Crippen molar-refractivity contribution in [2.24, 2.45) is 33.8 Å². The molecule has 0 saturated carbocycles. The van der Waals surface area contributed by atoms with Crippen molar-refractivity contribution in [2.75, 3.05) is 32.7 Å². The standard InChI is InChI=1S/C36H55N11O4/c1-24(2)21-29(32(49)43-28(15-9-16-42-35(38)39)34(51)46-17-10-18-47(20-19-46)36(40)41)45-33(50)30(23-26-13-7-4-8-14-26)44-31(48)27(37)22-25-11-5-3-6-12-25/h3-8,11-14,24,27-30H,9-10,15-23,37H2,1-2H3,(H3,40,41)(H,43,49)(H,44,48)(H,45,50)(H4,38,39,42)/t27-,28-,29-,30-/m1/s1. The summed E-state index contributed by atoms with van der Waals surface area (Å²) in [6.07, 6.45) is 2.01. The van der Waals surface area contributed by atoms with Gasteiger partial charge in [-0.3, -0.25) is 29.6 Å². The molecule has 278 valence electrons. The minimum atomic E-state index is -1.03. The zero-order valence-corrected chi connectivity index (χ0v) is 29.7. The van der Waals surface area contributed by atoms with Crippen molar-refractivity contribution in [2.45, 2.75) is 76.5 Å². The van der Waals surface area contributed by atoms with E-state index in [0.29, 0.717) is 39.0 Å². The van der Waals surface area contributed by atoms with Crippen molar-refractivity contribution in [1.82, 2.24) is 25.8 Å². The highest BCUT2D eigenvalue weighted by atomic mass is 16.2. The number of hydrogen-bond acceptors (Lipinski definition) is 7. The first-order chi connectivity index (χ1) is 24.3. The van der Waals surface area contributed by atoms with Crippen molar-refractivity contribution >= 4 is 35.5 Å². The van der Waals surface area contributed by atoms with Crippen LogP contribution in [-0.2, 0) is 32.0 Å². The lowest BCUT2D eigenvalue weighted by atomic mass is 9.99. The number of nitrogens with two attached hydrogens (primary N) is 4. The number of rotatable bonds is 17. The zero-order chi connectivity index (χ0) is 37.3. The molecule has 0 bridgehead atoms. The number of nitrogens with zero attached hydrogens (tertiary/aromatic N) is 3. The predicted octanol–water partition coefficient (Wildman–Crippen LogP) is -0.219. The third kappa shape index (κ3) is 13.9. The Hall–Kier alpha value is -5.18. The molecule has 0 spiro atoms. The number of hydrogen-bond donors (Lipinski definition) is 8. The normalized spacial score (nSPS) is 15.5. The maximum absolute atomic E-state index is 14.0. The second-order valence-corrected chi connectivity index (χ2v) is 13.3. The fourth-order valence-corrected chi connectivity index (χ4v) is 5.91. The summed E-state index contributed by atoms with van der Waals surface area (Å²) in [7, 11) is 0. The van der Waals surface area contributed by atoms with E-state index in [2.05, 4.69) is 20.9 Å². The van der Waals surface area contributed by atoms with Crippen LogP contribution in [0.15, 0.2) is 65.7 Å². The lowest BCUT2D eigenvalue weighted by Gasteiger charge is -2.29. The van der Waals surface area contributed by atoms with Crippen molar-refractivity contribution in [3.63, 3.8) is 0 Å². The Bertz CT molecular complexity index is 1470.